The molecule has 0 fully saturated rings. The van der Waals surface area contributed by atoms with Gasteiger partial charge in [0.25, 0.3) is 0 Å². The van der Waals surface area contributed by atoms with Crippen molar-refractivity contribution in [3.05, 3.63) is 0 Å². The fourth-order valence-electron chi connectivity index (χ4n) is 2.89. The summed E-state index contributed by atoms with van der Waals surface area (Å²) >= 11 is 0. The van der Waals surface area contributed by atoms with E-state index in [2.05, 4.69) is 10.1 Å². The smallest absolute Gasteiger partial charge is 0.469 e. The molecule has 11 nitrogen and oxygen atoms in total. The largest absolute Gasteiger partial charge is 0.500 e. The molecule has 36 heavy (non-hydrogen) atoms. The van der Waals surface area contributed by atoms with Crippen LogP contribution in [-0.2, 0) is 40.9 Å². The molecule has 0 aromatic heterocycles. The van der Waals surface area contributed by atoms with Crippen LogP contribution in [0.4, 0.5) is 0 Å². The Labute approximate surface area is 221 Å². The van der Waals surface area contributed by atoms with Gasteiger partial charge in [-0.1, -0.05) is 0 Å². The summed E-state index contributed by atoms with van der Waals surface area (Å²) < 4.78 is 38.2. The van der Waals surface area contributed by atoms with E-state index < -0.39 is 17.6 Å². The maximum atomic E-state index is 10.8. The fraction of sp³-hybridized carbons (Fsp3) is 0.913. The van der Waals surface area contributed by atoms with Crippen LogP contribution in [0, 0.1) is 0 Å². The molecule has 0 aromatic carbocycles. The summed E-state index contributed by atoms with van der Waals surface area (Å²) in [6, 6.07) is 1.56. The molecule has 13 heteroatoms. The Kier molecular flexibility index (Phi) is 29.9. The van der Waals surface area contributed by atoms with Crippen LogP contribution >= 0.6 is 0 Å². The van der Waals surface area contributed by atoms with E-state index in [1.165, 1.54) is 21.0 Å². The van der Waals surface area contributed by atoms with E-state index >= 15 is 0 Å². The summed E-state index contributed by atoms with van der Waals surface area (Å²) in [7, 11) is -3.57. The first-order chi connectivity index (χ1) is 17.1. The second-order valence-electron chi connectivity index (χ2n) is 7.14. The SMILES string of the molecule is CCO[Si](CCCN)(OCC)OCC.CCO[Si](CCCNC(C)=O)(OCC)OCC.COC(C)=O. The van der Waals surface area contributed by atoms with Crippen LogP contribution in [0.15, 0.2) is 0 Å². The third kappa shape index (κ3) is 23.5. The van der Waals surface area contributed by atoms with E-state index in [4.69, 9.17) is 32.3 Å². The lowest BCUT2D eigenvalue weighted by Gasteiger charge is -2.28. The molecule has 0 aliphatic heterocycles. The zero-order valence-electron chi connectivity index (χ0n) is 24.2. The summed E-state index contributed by atoms with van der Waals surface area (Å²) in [5.41, 5.74) is 5.48. The minimum atomic E-state index is -2.52. The van der Waals surface area contributed by atoms with Crippen molar-refractivity contribution in [1.29, 1.82) is 0 Å². The first kappa shape index (κ1) is 39.6. The molecule has 0 saturated carbocycles. The van der Waals surface area contributed by atoms with Gasteiger partial charge < -0.3 is 42.3 Å². The number of rotatable bonds is 19. The highest BCUT2D eigenvalue weighted by Crippen LogP contribution is 2.18. The number of carbonyl (C=O) groups excluding carboxylic acids is 2. The van der Waals surface area contributed by atoms with Gasteiger partial charge in [0.15, 0.2) is 0 Å². The van der Waals surface area contributed by atoms with Gasteiger partial charge in [-0.2, -0.15) is 0 Å². The van der Waals surface area contributed by atoms with Gasteiger partial charge in [-0.05, 0) is 60.9 Å². The Morgan fingerprint density at radius 2 is 0.972 bits per heavy atom. The minimum Gasteiger partial charge on any atom is -0.469 e. The maximum absolute atomic E-state index is 10.8. The normalized spacial score (nSPS) is 11.1. The Hall–Kier alpha value is -0.906. The fourth-order valence-corrected chi connectivity index (χ4v) is 8.14. The predicted octanol–water partition coefficient (Wildman–Crippen LogP) is 3.12. The number of methoxy groups -OCH3 is 1. The monoisotopic (exact) mass is 558 g/mol. The zero-order chi connectivity index (χ0) is 28.3. The molecule has 0 saturated heterocycles. The molecule has 0 bridgehead atoms. The number of amides is 1. The number of hydrogen-bond donors (Lipinski definition) is 2. The van der Waals surface area contributed by atoms with Crippen molar-refractivity contribution in [1.82, 2.24) is 5.32 Å². The lowest BCUT2D eigenvalue weighted by atomic mass is 10.5. The van der Waals surface area contributed by atoms with Crippen LogP contribution < -0.4 is 11.1 Å². The number of hydrogen-bond acceptors (Lipinski definition) is 10. The Balaban J connectivity index is -0.000000515. The molecular formula is C23H54N2O9Si2. The Bertz CT molecular complexity index is 484. The molecule has 0 heterocycles. The summed E-state index contributed by atoms with van der Waals surface area (Å²) in [5.74, 6) is -0.258. The van der Waals surface area contributed by atoms with Gasteiger partial charge in [0.05, 0.1) is 7.11 Å². The number of carbonyl (C=O) groups is 2. The molecule has 1 amide bonds. The zero-order valence-corrected chi connectivity index (χ0v) is 26.2. The minimum absolute atomic E-state index is 0.0125. The van der Waals surface area contributed by atoms with Crippen LogP contribution in [0.5, 0.6) is 0 Å². The quantitative estimate of drug-likeness (QED) is 0.138. The van der Waals surface area contributed by atoms with Crippen molar-refractivity contribution in [2.45, 2.75) is 80.3 Å². The van der Waals surface area contributed by atoms with Crippen molar-refractivity contribution in [3.8, 4) is 0 Å². The lowest BCUT2D eigenvalue weighted by molar-refractivity contribution is -0.138. The standard InChI is InChI=1S/C11H25NO4Si.C9H23NO3Si.C3H6O2/c1-5-14-17(15-6-2,16-7-3)10-8-9-12-11(4)13;1-4-11-14(12-5-2,13-6-3)9-7-8-10;1-3(4)5-2/h5-10H2,1-4H3,(H,12,13);4-10H2,1-3H3;1-2H3. The third-order valence-electron chi connectivity index (χ3n) is 4.19. The van der Waals surface area contributed by atoms with E-state index in [9.17, 15) is 9.59 Å². The highest BCUT2D eigenvalue weighted by atomic mass is 28.4. The average Bonchev–Trinajstić information content (AvgIpc) is 2.82. The first-order valence-corrected chi connectivity index (χ1v) is 16.8. The summed E-state index contributed by atoms with van der Waals surface area (Å²) in [4.78, 5) is 20.3. The second-order valence-corrected chi connectivity index (χ2v) is 12.6. The highest BCUT2D eigenvalue weighted by Gasteiger charge is 2.40. The van der Waals surface area contributed by atoms with Crippen molar-refractivity contribution in [3.63, 3.8) is 0 Å². The molecular weight excluding hydrogens is 504 g/mol. The van der Waals surface area contributed by atoms with Gasteiger partial charge in [0, 0.05) is 72.1 Å². The third-order valence-corrected chi connectivity index (χ3v) is 10.5. The van der Waals surface area contributed by atoms with Crippen molar-refractivity contribution >= 4 is 29.5 Å². The summed E-state index contributed by atoms with van der Waals surface area (Å²) in [6.07, 6.45) is 1.71. The molecule has 0 unspecified atom stereocenters. The van der Waals surface area contributed by atoms with Crippen molar-refractivity contribution in [2.24, 2.45) is 5.73 Å². The molecule has 0 aromatic rings. The van der Waals surface area contributed by atoms with Gasteiger partial charge in [0.1, 0.15) is 0 Å². The topological polar surface area (TPSA) is 137 Å². The van der Waals surface area contributed by atoms with Crippen LogP contribution in [0.1, 0.15) is 68.2 Å². The van der Waals surface area contributed by atoms with E-state index in [-0.39, 0.29) is 11.9 Å². The van der Waals surface area contributed by atoms with Gasteiger partial charge in [-0.15, -0.1) is 0 Å². The van der Waals surface area contributed by atoms with Crippen molar-refractivity contribution in [2.75, 3.05) is 59.8 Å². The molecule has 218 valence electrons. The van der Waals surface area contributed by atoms with Gasteiger partial charge in [0.2, 0.25) is 5.91 Å². The summed E-state index contributed by atoms with van der Waals surface area (Å²) in [5, 5.41) is 2.76. The van der Waals surface area contributed by atoms with Crippen LogP contribution in [0.2, 0.25) is 12.1 Å². The van der Waals surface area contributed by atoms with Gasteiger partial charge in [-0.3, -0.25) is 9.59 Å². The maximum Gasteiger partial charge on any atom is 0.500 e. The van der Waals surface area contributed by atoms with Crippen molar-refractivity contribution < 1.29 is 40.9 Å². The molecule has 0 radical (unpaired) electrons. The number of nitrogens with one attached hydrogen (secondary N) is 1. The van der Waals surface area contributed by atoms with Gasteiger partial charge >= 0.3 is 23.6 Å². The first-order valence-electron chi connectivity index (χ1n) is 12.9. The number of esters is 1. The average molecular weight is 559 g/mol. The predicted molar refractivity (Wildman–Crippen MR) is 146 cm³/mol. The van der Waals surface area contributed by atoms with Gasteiger partial charge in [-0.25, -0.2) is 0 Å². The van der Waals surface area contributed by atoms with E-state index in [1.54, 1.807) is 0 Å². The molecule has 0 aliphatic carbocycles. The highest BCUT2D eigenvalue weighted by molar-refractivity contribution is 6.61. The van der Waals surface area contributed by atoms with Crippen LogP contribution in [-0.4, -0.2) is 89.3 Å². The Morgan fingerprint density at radius 3 is 1.19 bits per heavy atom. The van der Waals surface area contributed by atoms with E-state index in [0.29, 0.717) is 52.7 Å². The molecule has 0 atom stereocenters. The van der Waals surface area contributed by atoms with Crippen LogP contribution in [0.25, 0.3) is 0 Å². The second kappa shape index (κ2) is 27.1. The number of nitrogens with two attached hydrogens (primary N) is 1. The van der Waals surface area contributed by atoms with E-state index in [0.717, 1.165) is 24.9 Å². The molecule has 0 rings (SSSR count). The molecule has 3 N–H and O–H groups in total. The van der Waals surface area contributed by atoms with Crippen LogP contribution in [0.3, 0.4) is 0 Å². The molecule has 0 spiro atoms. The van der Waals surface area contributed by atoms with E-state index in [1.807, 2.05) is 41.5 Å². The number of ether oxygens (including phenoxy) is 1. The Morgan fingerprint density at radius 1 is 0.667 bits per heavy atom. The summed E-state index contributed by atoms with van der Waals surface area (Å²) in [6.45, 7) is 19.5. The lowest BCUT2D eigenvalue weighted by Crippen LogP contribution is -2.46. The molecule has 0 aliphatic rings.